The van der Waals surface area contributed by atoms with Crippen molar-refractivity contribution in [1.82, 2.24) is 10.6 Å². The second-order valence-corrected chi connectivity index (χ2v) is 8.11. The Labute approximate surface area is 208 Å². The Morgan fingerprint density at radius 3 is 2.34 bits per heavy atom. The molecule has 0 aromatic heterocycles. The summed E-state index contributed by atoms with van der Waals surface area (Å²) in [5.74, 6) is 0.288. The zero-order chi connectivity index (χ0) is 24.8. The van der Waals surface area contributed by atoms with Crippen LogP contribution in [-0.4, -0.2) is 25.7 Å². The third-order valence-electron chi connectivity index (χ3n) is 5.46. The van der Waals surface area contributed by atoms with Crippen LogP contribution in [0.2, 0.25) is 5.02 Å². The third kappa shape index (κ3) is 5.41. The summed E-state index contributed by atoms with van der Waals surface area (Å²) in [5, 5.41) is 5.85. The number of rotatable bonds is 8. The van der Waals surface area contributed by atoms with Gasteiger partial charge in [0.2, 0.25) is 0 Å². The van der Waals surface area contributed by atoms with Crippen molar-refractivity contribution in [1.29, 1.82) is 0 Å². The van der Waals surface area contributed by atoms with Gasteiger partial charge in [-0.25, -0.2) is 9.59 Å². The normalized spacial score (nSPS) is 15.2. The molecule has 0 bridgehead atoms. The predicted octanol–water partition coefficient (Wildman–Crippen LogP) is 5.26. The Balaban J connectivity index is 1.77. The Bertz CT molecular complexity index is 1250. The zero-order valence-corrected chi connectivity index (χ0v) is 20.1. The van der Waals surface area contributed by atoms with E-state index in [2.05, 4.69) is 10.6 Å². The lowest BCUT2D eigenvalue weighted by atomic mass is 9.92. The molecule has 3 aromatic rings. The number of halogens is 1. The van der Waals surface area contributed by atoms with Crippen LogP contribution in [0.5, 0.6) is 11.5 Å². The molecule has 180 valence electrons. The maximum Gasteiger partial charge on any atom is 0.338 e. The lowest BCUT2D eigenvalue weighted by molar-refractivity contribution is -0.138. The molecule has 1 aliphatic heterocycles. The summed E-state index contributed by atoms with van der Waals surface area (Å²) >= 11 is 6.68. The number of hydrogen-bond donors (Lipinski definition) is 2. The monoisotopic (exact) mass is 492 g/mol. The van der Waals surface area contributed by atoms with E-state index in [1.54, 1.807) is 31.2 Å². The second-order valence-electron chi connectivity index (χ2n) is 7.71. The average molecular weight is 493 g/mol. The zero-order valence-electron chi connectivity index (χ0n) is 19.3. The first-order chi connectivity index (χ1) is 17.0. The molecule has 0 saturated carbocycles. The van der Waals surface area contributed by atoms with Crippen molar-refractivity contribution in [3.05, 3.63) is 100 Å². The molecule has 35 heavy (non-hydrogen) atoms. The smallest absolute Gasteiger partial charge is 0.338 e. The molecule has 1 unspecified atom stereocenters. The van der Waals surface area contributed by atoms with Crippen LogP contribution in [0.25, 0.3) is 5.70 Å². The molecule has 2 N–H and O–H groups in total. The van der Waals surface area contributed by atoms with Gasteiger partial charge in [0.05, 0.1) is 36.1 Å². The van der Waals surface area contributed by atoms with Crippen molar-refractivity contribution in [2.45, 2.75) is 19.6 Å². The topological polar surface area (TPSA) is 85.9 Å². The van der Waals surface area contributed by atoms with Crippen molar-refractivity contribution >= 4 is 29.3 Å². The van der Waals surface area contributed by atoms with Crippen molar-refractivity contribution in [2.24, 2.45) is 0 Å². The number of carbonyl (C=O) groups is 2. The van der Waals surface area contributed by atoms with E-state index in [-0.39, 0.29) is 12.2 Å². The molecule has 0 saturated heterocycles. The molecule has 2 amide bonds. The minimum Gasteiger partial charge on any atom is -0.493 e. The number of ether oxygens (including phenoxy) is 3. The van der Waals surface area contributed by atoms with Crippen LogP contribution in [0, 0.1) is 0 Å². The van der Waals surface area contributed by atoms with Crippen molar-refractivity contribution in [2.75, 3.05) is 13.7 Å². The van der Waals surface area contributed by atoms with E-state index in [4.69, 9.17) is 25.8 Å². The number of benzene rings is 3. The lowest BCUT2D eigenvalue weighted by Gasteiger charge is -2.30. The van der Waals surface area contributed by atoms with E-state index >= 15 is 0 Å². The van der Waals surface area contributed by atoms with Crippen LogP contribution in [0.1, 0.15) is 29.7 Å². The summed E-state index contributed by atoms with van der Waals surface area (Å²) in [6.07, 6.45) is 0. The molecule has 3 aromatic carbocycles. The number of amides is 2. The van der Waals surface area contributed by atoms with E-state index in [1.165, 1.54) is 7.11 Å². The van der Waals surface area contributed by atoms with Gasteiger partial charge in [-0.1, -0.05) is 72.3 Å². The Kier molecular flexibility index (Phi) is 7.57. The summed E-state index contributed by atoms with van der Waals surface area (Å²) in [6.45, 7) is 2.22. The molecule has 1 atom stereocenters. The molecule has 1 heterocycles. The summed E-state index contributed by atoms with van der Waals surface area (Å²) < 4.78 is 16.8. The van der Waals surface area contributed by atoms with Crippen molar-refractivity contribution in [3.8, 4) is 11.5 Å². The molecule has 0 spiro atoms. The summed E-state index contributed by atoms with van der Waals surface area (Å²) in [7, 11) is 1.51. The fraction of sp³-hybridized carbons (Fsp3) is 0.185. The number of esters is 1. The largest absolute Gasteiger partial charge is 0.493 e. The highest BCUT2D eigenvalue weighted by Crippen LogP contribution is 2.41. The molecule has 4 rings (SSSR count). The van der Waals surface area contributed by atoms with E-state index < -0.39 is 18.0 Å². The van der Waals surface area contributed by atoms with Crippen LogP contribution >= 0.6 is 11.6 Å². The number of urea groups is 1. The second kappa shape index (κ2) is 11.0. The molecule has 8 heteroatoms. The Hall–Kier alpha value is -3.97. The van der Waals surface area contributed by atoms with Crippen molar-refractivity contribution < 1.29 is 23.8 Å². The summed E-state index contributed by atoms with van der Waals surface area (Å²) in [5.41, 5.74) is 2.72. The summed E-state index contributed by atoms with van der Waals surface area (Å²) in [6, 6.07) is 20.8. The van der Waals surface area contributed by atoms with Gasteiger partial charge in [0.15, 0.2) is 11.5 Å². The summed E-state index contributed by atoms with van der Waals surface area (Å²) in [4.78, 5) is 25.7. The maximum atomic E-state index is 13.1. The molecule has 7 nitrogen and oxygen atoms in total. The quantitative estimate of drug-likeness (QED) is 0.419. The molecular formula is C27H25ClN2O5. The number of carbonyl (C=O) groups excluding carboxylic acids is 2. The van der Waals surface area contributed by atoms with E-state index in [0.29, 0.717) is 40.0 Å². The first kappa shape index (κ1) is 24.2. The van der Waals surface area contributed by atoms with Gasteiger partial charge in [-0.2, -0.15) is 0 Å². The van der Waals surface area contributed by atoms with Gasteiger partial charge in [0.1, 0.15) is 6.61 Å². The highest BCUT2D eigenvalue weighted by Gasteiger charge is 2.36. The van der Waals surface area contributed by atoms with Gasteiger partial charge in [-0.3, -0.25) is 0 Å². The highest BCUT2D eigenvalue weighted by atomic mass is 35.5. The van der Waals surface area contributed by atoms with Crippen LogP contribution in [0.3, 0.4) is 0 Å². The van der Waals surface area contributed by atoms with E-state index in [9.17, 15) is 9.59 Å². The first-order valence-corrected chi connectivity index (χ1v) is 11.5. The minimum atomic E-state index is -0.873. The first-order valence-electron chi connectivity index (χ1n) is 11.1. The SMILES string of the molecule is CCOC(=O)C1=C(c2ccccc2)NC(=O)NC1c1cc(OC)c(OCc2ccccc2)cc1Cl. The molecule has 0 fully saturated rings. The third-order valence-corrected chi connectivity index (χ3v) is 5.79. The highest BCUT2D eigenvalue weighted by molar-refractivity contribution is 6.31. The van der Waals surface area contributed by atoms with Gasteiger partial charge in [0, 0.05) is 11.6 Å². The number of methoxy groups -OCH3 is 1. The molecular weight excluding hydrogens is 468 g/mol. The van der Waals surface area contributed by atoms with Crippen LogP contribution < -0.4 is 20.1 Å². The standard InChI is InChI=1S/C27H25ClN2O5/c1-3-34-26(31)23-24(18-12-8-5-9-13-18)29-27(32)30-25(23)19-14-21(33-2)22(15-20(19)28)35-16-17-10-6-4-7-11-17/h4-15,25H,3,16H2,1-2H3,(H2,29,30,32). The fourth-order valence-corrected chi connectivity index (χ4v) is 4.10. The van der Waals surface area contributed by atoms with Gasteiger partial charge < -0.3 is 24.8 Å². The van der Waals surface area contributed by atoms with Crippen LogP contribution in [0.4, 0.5) is 4.79 Å². The van der Waals surface area contributed by atoms with E-state index in [0.717, 1.165) is 5.56 Å². The molecule has 0 radical (unpaired) electrons. The van der Waals surface area contributed by atoms with Gasteiger partial charge in [-0.05, 0) is 24.1 Å². The lowest BCUT2D eigenvalue weighted by Crippen LogP contribution is -2.45. The Morgan fingerprint density at radius 1 is 1.00 bits per heavy atom. The van der Waals surface area contributed by atoms with Crippen LogP contribution in [-0.2, 0) is 16.1 Å². The predicted molar refractivity (Wildman–Crippen MR) is 133 cm³/mol. The molecule has 0 aliphatic carbocycles. The van der Waals surface area contributed by atoms with Gasteiger partial charge in [0.25, 0.3) is 0 Å². The molecule has 1 aliphatic rings. The maximum absolute atomic E-state index is 13.1. The average Bonchev–Trinajstić information content (AvgIpc) is 2.88. The fourth-order valence-electron chi connectivity index (χ4n) is 3.84. The van der Waals surface area contributed by atoms with Gasteiger partial charge in [-0.15, -0.1) is 0 Å². The Morgan fingerprint density at radius 2 is 1.69 bits per heavy atom. The minimum absolute atomic E-state index is 0.175. The van der Waals surface area contributed by atoms with Gasteiger partial charge >= 0.3 is 12.0 Å². The van der Waals surface area contributed by atoms with E-state index in [1.807, 2.05) is 48.5 Å². The van der Waals surface area contributed by atoms with Crippen LogP contribution in [0.15, 0.2) is 78.4 Å². The number of nitrogens with one attached hydrogen (secondary N) is 2. The number of hydrogen-bond acceptors (Lipinski definition) is 5. The van der Waals surface area contributed by atoms with Crippen molar-refractivity contribution in [3.63, 3.8) is 0 Å².